The van der Waals surface area contributed by atoms with Gasteiger partial charge in [-0.05, 0) is 68.3 Å². The molecular formula is C15H26N2. The molecule has 2 nitrogen and oxygen atoms in total. The van der Waals surface area contributed by atoms with Gasteiger partial charge in [-0.2, -0.15) is 0 Å². The summed E-state index contributed by atoms with van der Waals surface area (Å²) >= 11 is 0. The summed E-state index contributed by atoms with van der Waals surface area (Å²) in [5, 5.41) is 0. The van der Waals surface area contributed by atoms with Crippen LogP contribution in [0.25, 0.3) is 0 Å². The van der Waals surface area contributed by atoms with Gasteiger partial charge in [-0.15, -0.1) is 0 Å². The Balaban J connectivity index is 2.82. The van der Waals surface area contributed by atoms with E-state index in [1.165, 1.54) is 16.7 Å². The molecule has 0 aliphatic heterocycles. The van der Waals surface area contributed by atoms with Crippen molar-refractivity contribution < 1.29 is 0 Å². The van der Waals surface area contributed by atoms with Gasteiger partial charge in [-0.25, -0.2) is 0 Å². The Labute approximate surface area is 105 Å². The second-order valence-corrected chi connectivity index (χ2v) is 5.02. The predicted octanol–water partition coefficient (Wildman–Crippen LogP) is 2.72. The van der Waals surface area contributed by atoms with Crippen LogP contribution in [0.4, 0.5) is 0 Å². The van der Waals surface area contributed by atoms with Crippen molar-refractivity contribution in [2.45, 2.75) is 39.5 Å². The van der Waals surface area contributed by atoms with Crippen LogP contribution in [0.1, 0.15) is 42.4 Å². The van der Waals surface area contributed by atoms with Crippen molar-refractivity contribution in [2.24, 2.45) is 17.4 Å². The Morgan fingerprint density at radius 3 is 2.18 bits per heavy atom. The van der Waals surface area contributed by atoms with Crippen molar-refractivity contribution in [3.63, 3.8) is 0 Å². The zero-order valence-electron chi connectivity index (χ0n) is 11.4. The van der Waals surface area contributed by atoms with E-state index in [1.54, 1.807) is 0 Å². The third-order valence-electron chi connectivity index (χ3n) is 3.78. The standard InChI is InChI=1S/C15H26N2/c1-4-14(8-13(9-16)10-17)15-6-5-11(2)12(3)7-15/h5-7,13-14H,4,8-10,16-17H2,1-3H3. The molecule has 1 aromatic carbocycles. The van der Waals surface area contributed by atoms with Crippen molar-refractivity contribution in [1.29, 1.82) is 0 Å². The average molecular weight is 234 g/mol. The molecule has 1 aromatic rings. The van der Waals surface area contributed by atoms with E-state index in [1.807, 2.05) is 0 Å². The molecule has 1 rings (SSSR count). The second-order valence-electron chi connectivity index (χ2n) is 5.02. The molecule has 0 aliphatic rings. The molecule has 1 unspecified atom stereocenters. The van der Waals surface area contributed by atoms with Gasteiger partial charge in [-0.3, -0.25) is 0 Å². The highest BCUT2D eigenvalue weighted by Crippen LogP contribution is 2.27. The maximum absolute atomic E-state index is 5.74. The summed E-state index contributed by atoms with van der Waals surface area (Å²) in [6.45, 7) is 7.96. The van der Waals surface area contributed by atoms with Crippen LogP contribution in [0.5, 0.6) is 0 Å². The van der Waals surface area contributed by atoms with Crippen LogP contribution in [0.15, 0.2) is 18.2 Å². The third kappa shape index (κ3) is 3.83. The van der Waals surface area contributed by atoms with E-state index >= 15 is 0 Å². The number of aryl methyl sites for hydroxylation is 2. The minimum atomic E-state index is 0.446. The maximum Gasteiger partial charge on any atom is -0.00366 e. The van der Waals surface area contributed by atoms with Gasteiger partial charge in [0, 0.05) is 0 Å². The fourth-order valence-electron chi connectivity index (χ4n) is 2.25. The maximum atomic E-state index is 5.74. The summed E-state index contributed by atoms with van der Waals surface area (Å²) in [5.74, 6) is 1.04. The van der Waals surface area contributed by atoms with Gasteiger partial charge in [0.15, 0.2) is 0 Å². The molecule has 1 atom stereocenters. The first-order chi connectivity index (χ1) is 8.12. The van der Waals surface area contributed by atoms with Crippen LogP contribution in [0.2, 0.25) is 0 Å². The molecule has 0 saturated carbocycles. The van der Waals surface area contributed by atoms with Crippen LogP contribution >= 0.6 is 0 Å². The quantitative estimate of drug-likeness (QED) is 0.795. The van der Waals surface area contributed by atoms with E-state index in [0.717, 1.165) is 12.8 Å². The summed E-state index contributed by atoms with van der Waals surface area (Å²) in [7, 11) is 0. The van der Waals surface area contributed by atoms with Crippen molar-refractivity contribution in [2.75, 3.05) is 13.1 Å². The summed E-state index contributed by atoms with van der Waals surface area (Å²) in [5.41, 5.74) is 15.6. The lowest BCUT2D eigenvalue weighted by Gasteiger charge is -2.21. The Bertz CT molecular complexity index is 343. The van der Waals surface area contributed by atoms with E-state index in [-0.39, 0.29) is 0 Å². The second kappa shape index (κ2) is 6.77. The van der Waals surface area contributed by atoms with E-state index in [9.17, 15) is 0 Å². The van der Waals surface area contributed by atoms with Gasteiger partial charge in [0.25, 0.3) is 0 Å². The first-order valence-corrected chi connectivity index (χ1v) is 6.59. The molecule has 0 bridgehead atoms. The van der Waals surface area contributed by atoms with Gasteiger partial charge in [0.1, 0.15) is 0 Å². The molecule has 0 saturated heterocycles. The molecule has 0 radical (unpaired) electrons. The summed E-state index contributed by atoms with van der Waals surface area (Å²) < 4.78 is 0. The zero-order valence-corrected chi connectivity index (χ0v) is 11.4. The Morgan fingerprint density at radius 2 is 1.71 bits per heavy atom. The van der Waals surface area contributed by atoms with Crippen LogP contribution in [0.3, 0.4) is 0 Å². The normalized spacial score (nSPS) is 13.1. The highest BCUT2D eigenvalue weighted by molar-refractivity contribution is 5.32. The minimum Gasteiger partial charge on any atom is -0.330 e. The molecule has 0 amide bonds. The van der Waals surface area contributed by atoms with Crippen molar-refractivity contribution >= 4 is 0 Å². The summed E-state index contributed by atoms with van der Waals surface area (Å²) in [6.07, 6.45) is 2.25. The first kappa shape index (κ1) is 14.2. The molecule has 0 heterocycles. The molecule has 4 N–H and O–H groups in total. The molecule has 0 aliphatic carbocycles. The van der Waals surface area contributed by atoms with Crippen LogP contribution in [0, 0.1) is 19.8 Å². The van der Waals surface area contributed by atoms with E-state index in [4.69, 9.17) is 11.5 Å². The lowest BCUT2D eigenvalue weighted by molar-refractivity contribution is 0.442. The molecule has 0 spiro atoms. The first-order valence-electron chi connectivity index (χ1n) is 6.59. The molecule has 2 heteroatoms. The predicted molar refractivity (Wildman–Crippen MR) is 75.2 cm³/mol. The Hall–Kier alpha value is -0.860. The Kier molecular flexibility index (Phi) is 5.66. The third-order valence-corrected chi connectivity index (χ3v) is 3.78. The van der Waals surface area contributed by atoms with Crippen molar-refractivity contribution in [3.05, 3.63) is 34.9 Å². The largest absolute Gasteiger partial charge is 0.330 e. The topological polar surface area (TPSA) is 52.0 Å². The molecule has 17 heavy (non-hydrogen) atoms. The van der Waals surface area contributed by atoms with Crippen molar-refractivity contribution in [3.8, 4) is 0 Å². The van der Waals surface area contributed by atoms with E-state index in [0.29, 0.717) is 24.9 Å². The fourth-order valence-corrected chi connectivity index (χ4v) is 2.25. The fraction of sp³-hybridized carbons (Fsp3) is 0.600. The summed E-state index contributed by atoms with van der Waals surface area (Å²) in [6, 6.07) is 6.78. The van der Waals surface area contributed by atoms with Gasteiger partial charge >= 0.3 is 0 Å². The zero-order chi connectivity index (χ0) is 12.8. The number of benzene rings is 1. The van der Waals surface area contributed by atoms with Gasteiger partial charge in [0.05, 0.1) is 0 Å². The lowest BCUT2D eigenvalue weighted by Crippen LogP contribution is -2.25. The Morgan fingerprint density at radius 1 is 1.06 bits per heavy atom. The van der Waals surface area contributed by atoms with Gasteiger partial charge in [-0.1, -0.05) is 25.1 Å². The average Bonchev–Trinajstić information content (AvgIpc) is 2.35. The summed E-state index contributed by atoms with van der Waals surface area (Å²) in [4.78, 5) is 0. The van der Waals surface area contributed by atoms with Gasteiger partial charge in [0.2, 0.25) is 0 Å². The van der Waals surface area contributed by atoms with Crippen LogP contribution in [-0.4, -0.2) is 13.1 Å². The van der Waals surface area contributed by atoms with Crippen LogP contribution in [-0.2, 0) is 0 Å². The lowest BCUT2D eigenvalue weighted by atomic mass is 9.86. The number of hydrogen-bond donors (Lipinski definition) is 2. The van der Waals surface area contributed by atoms with E-state index in [2.05, 4.69) is 39.0 Å². The van der Waals surface area contributed by atoms with Crippen LogP contribution < -0.4 is 11.5 Å². The number of rotatable bonds is 6. The number of hydrogen-bond acceptors (Lipinski definition) is 2. The molecule has 0 aromatic heterocycles. The molecular weight excluding hydrogens is 208 g/mol. The van der Waals surface area contributed by atoms with E-state index < -0.39 is 0 Å². The highest BCUT2D eigenvalue weighted by atomic mass is 14.6. The minimum absolute atomic E-state index is 0.446. The highest BCUT2D eigenvalue weighted by Gasteiger charge is 2.15. The van der Waals surface area contributed by atoms with Gasteiger partial charge < -0.3 is 11.5 Å². The number of nitrogens with two attached hydrogens (primary N) is 2. The molecule has 0 fully saturated rings. The SMILES string of the molecule is CCC(CC(CN)CN)c1ccc(C)c(C)c1. The monoisotopic (exact) mass is 234 g/mol. The smallest absolute Gasteiger partial charge is 0.00366 e. The van der Waals surface area contributed by atoms with Crippen molar-refractivity contribution in [1.82, 2.24) is 0 Å². The molecule has 96 valence electrons.